The number of aliphatic carboxylic acids is 1. The van der Waals surface area contributed by atoms with Crippen molar-refractivity contribution in [1.29, 1.82) is 0 Å². The summed E-state index contributed by atoms with van der Waals surface area (Å²) in [7, 11) is 0. The van der Waals surface area contributed by atoms with Crippen LogP contribution in [0.25, 0.3) is 0 Å². The summed E-state index contributed by atoms with van der Waals surface area (Å²) in [5, 5.41) is 21.4. The average Bonchev–Trinajstić information content (AvgIpc) is 1.25. The molecule has 6 heteroatoms. The van der Waals surface area contributed by atoms with Crippen molar-refractivity contribution in [1.82, 2.24) is 0 Å². The number of hydrogen-bond donors (Lipinski definition) is 3. The van der Waals surface area contributed by atoms with Crippen LogP contribution < -0.4 is 0 Å². The summed E-state index contributed by atoms with van der Waals surface area (Å²) in [5.41, 5.74) is 0. The van der Waals surface area contributed by atoms with E-state index in [0.29, 0.717) is 0 Å². The van der Waals surface area contributed by atoms with Crippen molar-refractivity contribution in [2.45, 2.75) is 6.92 Å². The fourth-order valence-electron chi connectivity index (χ4n) is 0. The van der Waals surface area contributed by atoms with Gasteiger partial charge in [-0.3, -0.25) is 4.79 Å². The van der Waals surface area contributed by atoms with E-state index >= 15 is 0 Å². The van der Waals surface area contributed by atoms with Gasteiger partial charge >= 0.3 is 6.16 Å². The maximum absolute atomic E-state index is 9.00. The maximum atomic E-state index is 9.00. The Hall–Kier alpha value is -0.741. The van der Waals surface area contributed by atoms with Crippen molar-refractivity contribution in [3.05, 3.63) is 0 Å². The van der Waals surface area contributed by atoms with Gasteiger partial charge in [-0.2, -0.15) is 0 Å². The van der Waals surface area contributed by atoms with Crippen molar-refractivity contribution in [2.75, 3.05) is 0 Å². The number of carboxylic acid groups (broad SMARTS) is 3. The summed E-state index contributed by atoms with van der Waals surface area (Å²) >= 11 is 0. The van der Waals surface area contributed by atoms with Gasteiger partial charge in [-0.05, 0) is 0 Å². The van der Waals surface area contributed by atoms with Gasteiger partial charge in [-0.25, -0.2) is 4.79 Å². The second-order valence-corrected chi connectivity index (χ2v) is 0.802. The summed E-state index contributed by atoms with van der Waals surface area (Å²) in [5.74, 6) is -0.833. The first-order chi connectivity index (χ1) is 3.46. The fraction of sp³-hybridized carbons (Fsp3) is 0.333. The molecule has 0 aromatic rings. The van der Waals surface area contributed by atoms with Crippen LogP contribution in [-0.4, -0.2) is 27.4 Å². The SMILES string of the molecule is CC(=O)O.O=C(O)O.[Cu]. The van der Waals surface area contributed by atoms with Gasteiger partial charge in [0.25, 0.3) is 5.97 Å². The molecule has 0 unspecified atom stereocenters. The molecule has 0 saturated heterocycles. The third kappa shape index (κ3) is 366. The molecule has 0 fully saturated rings. The fourth-order valence-corrected chi connectivity index (χ4v) is 0. The van der Waals surface area contributed by atoms with Gasteiger partial charge < -0.3 is 15.3 Å². The summed E-state index contributed by atoms with van der Waals surface area (Å²) in [6.07, 6.45) is -1.83. The molecule has 0 aromatic carbocycles. The largest absolute Gasteiger partial charge is 0.503 e. The van der Waals surface area contributed by atoms with Crippen LogP contribution in [0.2, 0.25) is 0 Å². The normalized spacial score (nSPS) is 5.44. The van der Waals surface area contributed by atoms with E-state index in [1.807, 2.05) is 0 Å². The van der Waals surface area contributed by atoms with Gasteiger partial charge in [-0.15, -0.1) is 0 Å². The van der Waals surface area contributed by atoms with E-state index < -0.39 is 12.1 Å². The molecule has 0 saturated carbocycles. The van der Waals surface area contributed by atoms with Crippen LogP contribution in [0.4, 0.5) is 4.79 Å². The predicted octanol–water partition coefficient (Wildman–Crippen LogP) is 0.311. The van der Waals surface area contributed by atoms with E-state index in [1.165, 1.54) is 0 Å². The van der Waals surface area contributed by atoms with Crippen molar-refractivity contribution in [2.24, 2.45) is 0 Å². The minimum Gasteiger partial charge on any atom is -0.481 e. The molecule has 0 spiro atoms. The molecule has 0 atom stereocenters. The first-order valence-electron chi connectivity index (χ1n) is 1.58. The molecule has 0 heterocycles. The minimum absolute atomic E-state index is 0. The van der Waals surface area contributed by atoms with Crippen molar-refractivity contribution in [3.63, 3.8) is 0 Å². The minimum atomic E-state index is -1.83. The molecule has 0 aliphatic carbocycles. The van der Waals surface area contributed by atoms with Gasteiger partial charge in [-0.1, -0.05) is 0 Å². The third-order valence-corrected chi connectivity index (χ3v) is 0. The summed E-state index contributed by atoms with van der Waals surface area (Å²) < 4.78 is 0. The van der Waals surface area contributed by atoms with Crippen LogP contribution in [-0.2, 0) is 21.9 Å². The number of carbonyl (C=O) groups is 2. The van der Waals surface area contributed by atoms with Crippen molar-refractivity contribution in [3.8, 4) is 0 Å². The summed E-state index contributed by atoms with van der Waals surface area (Å²) in [6.45, 7) is 1.08. The zero-order valence-corrected chi connectivity index (χ0v) is 5.40. The molecule has 1 radical (unpaired) electrons. The Morgan fingerprint density at radius 1 is 1.11 bits per heavy atom. The molecule has 9 heavy (non-hydrogen) atoms. The third-order valence-electron chi connectivity index (χ3n) is 0. The molecule has 0 amide bonds. The molecule has 0 aromatic heterocycles. The predicted molar refractivity (Wildman–Crippen MR) is 24.0 cm³/mol. The van der Waals surface area contributed by atoms with Gasteiger partial charge in [0, 0.05) is 24.0 Å². The monoisotopic (exact) mass is 185 g/mol. The van der Waals surface area contributed by atoms with Crippen LogP contribution >= 0.6 is 0 Å². The number of carboxylic acids is 1. The Morgan fingerprint density at radius 3 is 1.11 bits per heavy atom. The van der Waals surface area contributed by atoms with Crippen LogP contribution in [0, 0.1) is 0 Å². The molecular weight excluding hydrogens is 180 g/mol. The van der Waals surface area contributed by atoms with Gasteiger partial charge in [0.1, 0.15) is 0 Å². The van der Waals surface area contributed by atoms with Gasteiger partial charge in [0.2, 0.25) is 0 Å². The van der Waals surface area contributed by atoms with E-state index in [1.54, 1.807) is 0 Å². The summed E-state index contributed by atoms with van der Waals surface area (Å²) in [4.78, 5) is 17.6. The molecule has 0 rings (SSSR count). The van der Waals surface area contributed by atoms with Gasteiger partial charge in [0.15, 0.2) is 0 Å². The topological polar surface area (TPSA) is 94.8 Å². The zero-order chi connectivity index (χ0) is 7.15. The molecular formula is C3H6CuO5. The van der Waals surface area contributed by atoms with Gasteiger partial charge in [0.05, 0.1) is 0 Å². The Labute approximate surface area is 61.8 Å². The first kappa shape index (κ1) is 15.7. The van der Waals surface area contributed by atoms with Crippen LogP contribution in [0.5, 0.6) is 0 Å². The van der Waals surface area contributed by atoms with Crippen molar-refractivity contribution < 1.29 is 42.0 Å². The molecule has 0 aliphatic heterocycles. The second kappa shape index (κ2) is 10.3. The van der Waals surface area contributed by atoms with Crippen molar-refractivity contribution >= 4 is 12.1 Å². The molecule has 59 valence electrons. The van der Waals surface area contributed by atoms with Crippen LogP contribution in [0.3, 0.4) is 0 Å². The Bertz CT molecular complexity index is 70.2. The average molecular weight is 186 g/mol. The summed E-state index contributed by atoms with van der Waals surface area (Å²) in [6, 6.07) is 0. The molecule has 0 aliphatic rings. The van der Waals surface area contributed by atoms with Crippen LogP contribution in [0.15, 0.2) is 0 Å². The molecule has 3 N–H and O–H groups in total. The first-order valence-corrected chi connectivity index (χ1v) is 1.58. The molecule has 0 bridgehead atoms. The number of rotatable bonds is 0. The molecule has 5 nitrogen and oxygen atoms in total. The Morgan fingerprint density at radius 2 is 1.11 bits per heavy atom. The Balaban J connectivity index is -0.0000000720. The van der Waals surface area contributed by atoms with Crippen LogP contribution in [0.1, 0.15) is 6.92 Å². The van der Waals surface area contributed by atoms with E-state index in [2.05, 4.69) is 0 Å². The zero-order valence-electron chi connectivity index (χ0n) is 4.46. The number of hydrogen-bond acceptors (Lipinski definition) is 2. The maximum Gasteiger partial charge on any atom is 0.503 e. The van der Waals surface area contributed by atoms with E-state index in [4.69, 9.17) is 24.9 Å². The smallest absolute Gasteiger partial charge is 0.481 e. The Kier molecular flexibility index (Phi) is 18.0. The standard InChI is InChI=1S/C2H4O2.CH2O3.Cu/c1-2(3)4;2-1(3)4;/h1H3,(H,3,4);(H2,2,3,4);. The van der Waals surface area contributed by atoms with E-state index in [0.717, 1.165) is 6.92 Å². The quantitative estimate of drug-likeness (QED) is 0.472. The van der Waals surface area contributed by atoms with E-state index in [9.17, 15) is 0 Å². The second-order valence-electron chi connectivity index (χ2n) is 0.802. The van der Waals surface area contributed by atoms with E-state index in [-0.39, 0.29) is 17.1 Å².